The van der Waals surface area contributed by atoms with Crippen LogP contribution < -0.4 is 0 Å². The number of hydrogen-bond donors (Lipinski definition) is 2. The van der Waals surface area contributed by atoms with Crippen molar-refractivity contribution in [1.29, 1.82) is 0 Å². The molecule has 12 heavy (non-hydrogen) atoms. The predicted octanol–water partition coefficient (Wildman–Crippen LogP) is 1.23. The normalized spacial score (nSPS) is 10.8. The summed E-state index contributed by atoms with van der Waals surface area (Å²) < 4.78 is 1.08. The average Bonchev–Trinajstić information content (AvgIpc) is 2.53. The Bertz CT molecular complexity index is 441. The van der Waals surface area contributed by atoms with E-state index in [-0.39, 0.29) is 0 Å². The summed E-state index contributed by atoms with van der Waals surface area (Å²) in [5.74, 6) is -0.881. The Morgan fingerprint density at radius 1 is 1.67 bits per heavy atom. The topological polar surface area (TPSA) is 53.1 Å². The van der Waals surface area contributed by atoms with Crippen molar-refractivity contribution in [2.45, 2.75) is 6.92 Å². The molecule has 0 aliphatic heterocycles. The molecule has 2 aromatic rings. The zero-order valence-corrected chi connectivity index (χ0v) is 8.13. The van der Waals surface area contributed by atoms with E-state index in [0.29, 0.717) is 20.2 Å². The Morgan fingerprint density at radius 3 is 3.00 bits per heavy atom. The molecule has 2 aromatic heterocycles. The van der Waals surface area contributed by atoms with Crippen LogP contribution in [0.25, 0.3) is 9.78 Å². The van der Waals surface area contributed by atoms with E-state index in [4.69, 9.17) is 5.11 Å². The quantitative estimate of drug-likeness (QED) is 0.721. The fraction of sp³-hybridized carbons (Fsp3) is 0.125. The number of rotatable bonds is 1. The number of nitrogens with one attached hydrogen (secondary N) is 1. The number of aryl methyl sites for hydroxylation is 1. The van der Waals surface area contributed by atoms with Crippen LogP contribution in [0.1, 0.15) is 16.1 Å². The number of aromatic carboxylic acids is 1. The molecule has 0 amide bonds. The van der Waals surface area contributed by atoms with E-state index >= 15 is 0 Å². The third-order valence-electron chi connectivity index (χ3n) is 1.79. The molecule has 0 aliphatic rings. The van der Waals surface area contributed by atoms with Crippen molar-refractivity contribution in [2.24, 2.45) is 0 Å². The average molecular weight is 228 g/mol. The summed E-state index contributed by atoms with van der Waals surface area (Å²) in [6.45, 7) is 2.01. The van der Waals surface area contributed by atoms with Crippen LogP contribution >= 0.6 is 0 Å². The first-order valence-electron chi connectivity index (χ1n) is 3.48. The minimum atomic E-state index is -0.881. The van der Waals surface area contributed by atoms with Crippen LogP contribution in [0.5, 0.6) is 0 Å². The second-order valence-corrected chi connectivity index (χ2v) is 4.50. The van der Waals surface area contributed by atoms with Crippen molar-refractivity contribution < 1.29 is 9.90 Å². The third kappa shape index (κ3) is 1.00. The SMILES string of the molecule is Cc1c[se]c2[nH]c(C(=O)O)cc12. The molecule has 0 aliphatic carbocycles. The van der Waals surface area contributed by atoms with E-state index in [2.05, 4.69) is 9.92 Å². The predicted molar refractivity (Wildman–Crippen MR) is 46.9 cm³/mol. The maximum atomic E-state index is 10.6. The molecule has 0 unspecified atom stereocenters. The van der Waals surface area contributed by atoms with E-state index in [9.17, 15) is 4.79 Å². The summed E-state index contributed by atoms with van der Waals surface area (Å²) in [5.41, 5.74) is 1.49. The summed E-state index contributed by atoms with van der Waals surface area (Å²) in [4.78, 5) is 15.6. The number of hydrogen-bond acceptors (Lipinski definition) is 1. The summed E-state index contributed by atoms with van der Waals surface area (Å²) in [7, 11) is 0. The molecule has 0 bridgehead atoms. The van der Waals surface area contributed by atoms with Crippen LogP contribution in [0.3, 0.4) is 0 Å². The first-order chi connectivity index (χ1) is 5.68. The number of H-pyrrole nitrogens is 1. The van der Waals surface area contributed by atoms with Crippen LogP contribution in [0.4, 0.5) is 0 Å². The van der Waals surface area contributed by atoms with Gasteiger partial charge in [0.2, 0.25) is 0 Å². The Balaban J connectivity index is 2.70. The van der Waals surface area contributed by atoms with Gasteiger partial charge in [-0.25, -0.2) is 0 Å². The molecule has 0 saturated carbocycles. The van der Waals surface area contributed by atoms with Gasteiger partial charge in [-0.1, -0.05) is 0 Å². The van der Waals surface area contributed by atoms with Crippen molar-refractivity contribution in [3.8, 4) is 0 Å². The van der Waals surface area contributed by atoms with Crippen LogP contribution in [-0.4, -0.2) is 30.6 Å². The maximum absolute atomic E-state index is 10.6. The number of carboxylic acids is 1. The van der Waals surface area contributed by atoms with Crippen molar-refractivity contribution in [3.63, 3.8) is 0 Å². The fourth-order valence-electron chi connectivity index (χ4n) is 1.15. The number of carbonyl (C=O) groups is 1. The van der Waals surface area contributed by atoms with Crippen LogP contribution in [-0.2, 0) is 0 Å². The van der Waals surface area contributed by atoms with Crippen molar-refractivity contribution in [2.75, 3.05) is 0 Å². The summed E-state index contributed by atoms with van der Waals surface area (Å²) in [6.07, 6.45) is 0. The van der Waals surface area contributed by atoms with Crippen LogP contribution in [0, 0.1) is 6.92 Å². The van der Waals surface area contributed by atoms with Gasteiger partial charge in [-0.15, -0.1) is 0 Å². The van der Waals surface area contributed by atoms with Crippen molar-refractivity contribution in [1.82, 2.24) is 4.98 Å². The molecule has 4 heteroatoms. The molecular weight excluding hydrogens is 221 g/mol. The number of fused-ring (bicyclic) bond motifs is 1. The summed E-state index contributed by atoms with van der Waals surface area (Å²) in [5, 5.41) is 9.76. The van der Waals surface area contributed by atoms with Gasteiger partial charge in [0.15, 0.2) is 0 Å². The molecule has 2 N–H and O–H groups in total. The Hall–Kier alpha value is -0.991. The first-order valence-corrected chi connectivity index (χ1v) is 5.33. The van der Waals surface area contributed by atoms with E-state index < -0.39 is 5.97 Å². The standard InChI is InChI=1S/C8H7NO2Se/c1-4-3-12-7-5(4)2-6(9-7)8(10)11/h2-3,9H,1H3,(H,10,11). The Morgan fingerprint density at radius 2 is 2.42 bits per heavy atom. The molecule has 0 fully saturated rings. The van der Waals surface area contributed by atoms with Crippen molar-refractivity contribution >= 4 is 30.2 Å². The number of aromatic amines is 1. The van der Waals surface area contributed by atoms with Gasteiger partial charge in [0.05, 0.1) is 0 Å². The van der Waals surface area contributed by atoms with Gasteiger partial charge < -0.3 is 0 Å². The molecule has 0 radical (unpaired) electrons. The molecule has 0 spiro atoms. The molecular formula is C8H7NO2Se. The Kier molecular flexibility index (Phi) is 1.60. The molecule has 0 saturated heterocycles. The van der Waals surface area contributed by atoms with E-state index in [0.717, 1.165) is 9.78 Å². The first kappa shape index (κ1) is 7.65. The number of carboxylic acid groups (broad SMARTS) is 1. The van der Waals surface area contributed by atoms with Crippen molar-refractivity contribution in [3.05, 3.63) is 22.3 Å². The molecule has 0 atom stereocenters. The minimum absolute atomic E-state index is 0.299. The zero-order valence-electron chi connectivity index (χ0n) is 6.42. The Labute approximate surface area is 74.8 Å². The molecule has 2 rings (SSSR count). The van der Waals surface area contributed by atoms with E-state index in [1.165, 1.54) is 5.56 Å². The zero-order chi connectivity index (χ0) is 8.72. The fourth-order valence-corrected chi connectivity index (χ4v) is 3.11. The third-order valence-corrected chi connectivity index (χ3v) is 3.95. The second-order valence-electron chi connectivity index (χ2n) is 2.65. The van der Waals surface area contributed by atoms with Gasteiger partial charge >= 0.3 is 74.3 Å². The van der Waals surface area contributed by atoms with Gasteiger partial charge in [0.1, 0.15) is 0 Å². The van der Waals surface area contributed by atoms with Gasteiger partial charge in [0.25, 0.3) is 0 Å². The van der Waals surface area contributed by atoms with Gasteiger partial charge in [-0.3, -0.25) is 0 Å². The van der Waals surface area contributed by atoms with Crippen LogP contribution in [0.2, 0.25) is 0 Å². The number of aromatic nitrogens is 1. The molecule has 2 heterocycles. The van der Waals surface area contributed by atoms with Gasteiger partial charge in [-0.2, -0.15) is 0 Å². The van der Waals surface area contributed by atoms with Crippen LogP contribution in [0.15, 0.2) is 11.0 Å². The molecule has 3 nitrogen and oxygen atoms in total. The van der Waals surface area contributed by atoms with E-state index in [1.807, 2.05) is 6.92 Å². The summed E-state index contributed by atoms with van der Waals surface area (Å²) in [6, 6.07) is 1.71. The summed E-state index contributed by atoms with van der Waals surface area (Å²) >= 11 is 0.299. The monoisotopic (exact) mass is 229 g/mol. The molecule has 0 aromatic carbocycles. The van der Waals surface area contributed by atoms with E-state index in [1.54, 1.807) is 6.07 Å². The van der Waals surface area contributed by atoms with Gasteiger partial charge in [0, 0.05) is 0 Å². The molecule has 62 valence electrons. The second kappa shape index (κ2) is 2.51. The van der Waals surface area contributed by atoms with Gasteiger partial charge in [-0.05, 0) is 0 Å².